The van der Waals surface area contributed by atoms with Crippen molar-refractivity contribution in [3.05, 3.63) is 100.0 Å². The smallest absolute Gasteiger partial charge is 0.323 e. The highest BCUT2D eigenvalue weighted by atomic mass is 19.1. The molecule has 2 aromatic heterocycles. The lowest BCUT2D eigenvalue weighted by Gasteiger charge is -2.12. The molecular formula is C26H19F2N3O3. The molecule has 0 radical (unpaired) electrons. The Labute approximate surface area is 192 Å². The number of hydrogen-bond acceptors (Lipinski definition) is 3. The number of carboxylic acids is 1. The van der Waals surface area contributed by atoms with Gasteiger partial charge in [0.15, 0.2) is 0 Å². The van der Waals surface area contributed by atoms with Crippen molar-refractivity contribution in [2.24, 2.45) is 0 Å². The van der Waals surface area contributed by atoms with E-state index in [0.29, 0.717) is 44.2 Å². The van der Waals surface area contributed by atoms with Gasteiger partial charge in [-0.1, -0.05) is 36.4 Å². The minimum atomic E-state index is -1.04. The molecule has 0 saturated heterocycles. The lowest BCUT2D eigenvalue weighted by Crippen LogP contribution is -2.25. The van der Waals surface area contributed by atoms with Gasteiger partial charge in [-0.15, -0.1) is 0 Å². The average Bonchev–Trinajstić information content (AvgIpc) is 3.07. The monoisotopic (exact) mass is 459 g/mol. The summed E-state index contributed by atoms with van der Waals surface area (Å²) >= 11 is 0. The van der Waals surface area contributed by atoms with Crippen LogP contribution < -0.4 is 5.56 Å². The van der Waals surface area contributed by atoms with E-state index in [0.717, 1.165) is 0 Å². The van der Waals surface area contributed by atoms with Crippen molar-refractivity contribution in [1.29, 1.82) is 0 Å². The molecule has 0 bridgehead atoms. The Hall–Kier alpha value is -4.33. The molecular weight excluding hydrogens is 440 g/mol. The molecule has 0 unspecified atom stereocenters. The van der Waals surface area contributed by atoms with Crippen LogP contribution in [0.5, 0.6) is 0 Å². The van der Waals surface area contributed by atoms with Crippen LogP contribution >= 0.6 is 0 Å². The molecule has 170 valence electrons. The quantitative estimate of drug-likeness (QED) is 0.412. The standard InChI is InChI=1S/C26H19F2N3O3/c1-15-24(20-12-17(27)10-11-22(20)30(15)14-23(32)33)25-18-7-3-4-8-19(18)26(34)31(29-25)13-16-6-2-5-9-21(16)28/h2-12H,13-14H2,1H3,(H,32,33). The lowest BCUT2D eigenvalue weighted by atomic mass is 10.0. The molecule has 1 N–H and O–H groups in total. The molecule has 0 saturated carbocycles. The second kappa shape index (κ2) is 8.22. The van der Waals surface area contributed by atoms with Crippen LogP contribution in [0.15, 0.2) is 71.5 Å². The Morgan fingerprint density at radius 1 is 0.971 bits per heavy atom. The zero-order valence-electron chi connectivity index (χ0n) is 18.1. The van der Waals surface area contributed by atoms with E-state index in [2.05, 4.69) is 5.10 Å². The fraction of sp³-hybridized carbons (Fsp3) is 0.115. The highest BCUT2D eigenvalue weighted by molar-refractivity contribution is 6.05. The van der Waals surface area contributed by atoms with Crippen LogP contribution in [0.4, 0.5) is 8.78 Å². The van der Waals surface area contributed by atoms with Gasteiger partial charge in [-0.25, -0.2) is 13.5 Å². The van der Waals surface area contributed by atoms with E-state index in [9.17, 15) is 23.5 Å². The largest absolute Gasteiger partial charge is 0.480 e. The first-order chi connectivity index (χ1) is 16.3. The molecule has 0 aliphatic rings. The summed E-state index contributed by atoms with van der Waals surface area (Å²) in [7, 11) is 0. The van der Waals surface area contributed by atoms with E-state index in [1.54, 1.807) is 54.0 Å². The molecule has 2 heterocycles. The van der Waals surface area contributed by atoms with E-state index in [-0.39, 0.29) is 18.6 Å². The number of aliphatic carboxylic acids is 1. The number of hydrogen-bond donors (Lipinski definition) is 1. The van der Waals surface area contributed by atoms with Gasteiger partial charge in [0, 0.05) is 33.1 Å². The molecule has 3 aromatic carbocycles. The normalized spacial score (nSPS) is 11.4. The predicted molar refractivity (Wildman–Crippen MR) is 125 cm³/mol. The van der Waals surface area contributed by atoms with Gasteiger partial charge in [0.2, 0.25) is 0 Å². The number of fused-ring (bicyclic) bond motifs is 2. The third-order valence-electron chi connectivity index (χ3n) is 5.96. The van der Waals surface area contributed by atoms with Gasteiger partial charge in [0.25, 0.3) is 5.56 Å². The van der Waals surface area contributed by atoms with Crippen LogP contribution in [0.25, 0.3) is 32.9 Å². The highest BCUT2D eigenvalue weighted by Crippen LogP contribution is 2.37. The topological polar surface area (TPSA) is 77.1 Å². The number of nitrogens with zero attached hydrogens (tertiary/aromatic N) is 3. The molecule has 5 aromatic rings. The first-order valence-corrected chi connectivity index (χ1v) is 10.6. The summed E-state index contributed by atoms with van der Waals surface area (Å²) in [5.41, 5.74) is 1.93. The Kier molecular flexibility index (Phi) is 5.20. The number of carbonyl (C=O) groups is 1. The summed E-state index contributed by atoms with van der Waals surface area (Å²) in [4.78, 5) is 24.7. The second-order valence-electron chi connectivity index (χ2n) is 8.05. The third kappa shape index (κ3) is 3.53. The van der Waals surface area contributed by atoms with Gasteiger partial charge in [-0.05, 0) is 37.3 Å². The Morgan fingerprint density at radius 2 is 1.68 bits per heavy atom. The minimum Gasteiger partial charge on any atom is -0.480 e. The maximum atomic E-state index is 14.3. The van der Waals surface area contributed by atoms with Gasteiger partial charge in [0.1, 0.15) is 23.9 Å². The molecule has 6 nitrogen and oxygen atoms in total. The molecule has 0 fully saturated rings. The summed E-state index contributed by atoms with van der Waals surface area (Å²) in [6.45, 7) is 1.32. The number of rotatable bonds is 5. The van der Waals surface area contributed by atoms with Crippen LogP contribution in [0.1, 0.15) is 11.3 Å². The van der Waals surface area contributed by atoms with E-state index >= 15 is 0 Å². The van der Waals surface area contributed by atoms with Crippen molar-refractivity contribution in [3.63, 3.8) is 0 Å². The van der Waals surface area contributed by atoms with Crippen molar-refractivity contribution < 1.29 is 18.7 Å². The molecule has 0 aliphatic carbocycles. The molecule has 0 atom stereocenters. The first-order valence-electron chi connectivity index (χ1n) is 10.6. The maximum Gasteiger partial charge on any atom is 0.323 e. The van der Waals surface area contributed by atoms with Gasteiger partial charge in [-0.2, -0.15) is 5.10 Å². The second-order valence-corrected chi connectivity index (χ2v) is 8.05. The Morgan fingerprint density at radius 3 is 2.41 bits per heavy atom. The average molecular weight is 459 g/mol. The van der Waals surface area contributed by atoms with Crippen LogP contribution in [-0.2, 0) is 17.9 Å². The summed E-state index contributed by atoms with van der Waals surface area (Å²) in [5.74, 6) is -1.98. The van der Waals surface area contributed by atoms with E-state index in [1.807, 2.05) is 0 Å². The number of carboxylic acid groups (broad SMARTS) is 1. The van der Waals surface area contributed by atoms with Gasteiger partial charge < -0.3 is 9.67 Å². The summed E-state index contributed by atoms with van der Waals surface area (Å²) < 4.78 is 31.4. The van der Waals surface area contributed by atoms with Crippen molar-refractivity contribution >= 4 is 27.6 Å². The van der Waals surface area contributed by atoms with E-state index in [4.69, 9.17) is 0 Å². The summed E-state index contributed by atoms with van der Waals surface area (Å²) in [5, 5.41) is 15.4. The Balaban J connectivity index is 1.84. The summed E-state index contributed by atoms with van der Waals surface area (Å²) in [6, 6.07) is 17.2. The van der Waals surface area contributed by atoms with E-state index < -0.39 is 17.6 Å². The number of aromatic nitrogens is 3. The fourth-order valence-electron chi connectivity index (χ4n) is 4.41. The zero-order valence-corrected chi connectivity index (χ0v) is 18.1. The van der Waals surface area contributed by atoms with Crippen LogP contribution in [0.3, 0.4) is 0 Å². The molecule has 8 heteroatoms. The molecule has 5 rings (SSSR count). The molecule has 0 aliphatic heterocycles. The molecule has 0 spiro atoms. The summed E-state index contributed by atoms with van der Waals surface area (Å²) in [6.07, 6.45) is 0. The fourth-order valence-corrected chi connectivity index (χ4v) is 4.41. The van der Waals surface area contributed by atoms with Crippen LogP contribution in [-0.4, -0.2) is 25.4 Å². The zero-order chi connectivity index (χ0) is 24.0. The van der Waals surface area contributed by atoms with Gasteiger partial charge in [-0.3, -0.25) is 9.59 Å². The van der Waals surface area contributed by atoms with Crippen LogP contribution in [0.2, 0.25) is 0 Å². The van der Waals surface area contributed by atoms with Crippen molar-refractivity contribution in [3.8, 4) is 11.3 Å². The number of halogens is 2. The first kappa shape index (κ1) is 21.5. The SMILES string of the molecule is Cc1c(-c2nn(Cc3ccccc3F)c(=O)c3ccccc23)c2cc(F)ccc2n1CC(=O)O. The maximum absolute atomic E-state index is 14.3. The van der Waals surface area contributed by atoms with Crippen LogP contribution in [0, 0.1) is 18.6 Å². The molecule has 34 heavy (non-hydrogen) atoms. The highest BCUT2D eigenvalue weighted by Gasteiger charge is 2.22. The van der Waals surface area contributed by atoms with Crippen molar-refractivity contribution in [2.75, 3.05) is 0 Å². The third-order valence-corrected chi connectivity index (χ3v) is 5.96. The van der Waals surface area contributed by atoms with Gasteiger partial charge >= 0.3 is 5.97 Å². The van der Waals surface area contributed by atoms with Crippen molar-refractivity contribution in [1.82, 2.24) is 14.3 Å². The van der Waals surface area contributed by atoms with Crippen molar-refractivity contribution in [2.45, 2.75) is 20.0 Å². The van der Waals surface area contributed by atoms with Gasteiger partial charge in [0.05, 0.1) is 11.9 Å². The lowest BCUT2D eigenvalue weighted by molar-refractivity contribution is -0.137. The molecule has 0 amide bonds. The predicted octanol–water partition coefficient (Wildman–Crippen LogP) is 4.74. The Bertz CT molecular complexity index is 1650. The van der Waals surface area contributed by atoms with E-state index in [1.165, 1.54) is 28.9 Å². The minimum absolute atomic E-state index is 0.0927. The number of benzene rings is 3.